The number of esters is 1. The third-order valence-electron chi connectivity index (χ3n) is 5.42. The first-order valence-electron chi connectivity index (χ1n) is 8.38. The minimum Gasteiger partial charge on any atom is -0.469 e. The number of nitrogens with zero attached hydrogens (tertiary/aromatic N) is 1. The standard InChI is InChI=1S/C16H26N2O4/c1-21-14(19)13-4-2-12(3-5-13)10-18-11-16(22-15(18)20)6-8-17-9-7-16/h12-13,17H,2-11H2,1H3. The Hall–Kier alpha value is -1.30. The summed E-state index contributed by atoms with van der Waals surface area (Å²) in [5.74, 6) is 0.431. The average Bonchev–Trinajstić information content (AvgIpc) is 2.83. The molecule has 2 saturated heterocycles. The Morgan fingerprint density at radius 3 is 2.64 bits per heavy atom. The van der Waals surface area contributed by atoms with Crippen molar-refractivity contribution >= 4 is 12.1 Å². The summed E-state index contributed by atoms with van der Waals surface area (Å²) in [6, 6.07) is 0. The molecule has 3 fully saturated rings. The summed E-state index contributed by atoms with van der Waals surface area (Å²) >= 11 is 0. The highest BCUT2D eigenvalue weighted by atomic mass is 16.6. The maximum Gasteiger partial charge on any atom is 0.410 e. The number of amides is 1. The van der Waals surface area contributed by atoms with Crippen LogP contribution in [0.5, 0.6) is 0 Å². The Labute approximate surface area is 131 Å². The van der Waals surface area contributed by atoms with Crippen molar-refractivity contribution in [2.75, 3.05) is 33.3 Å². The maximum atomic E-state index is 12.1. The molecule has 0 aromatic heterocycles. The van der Waals surface area contributed by atoms with Gasteiger partial charge in [0.1, 0.15) is 5.60 Å². The third-order valence-corrected chi connectivity index (χ3v) is 5.42. The minimum absolute atomic E-state index is 0.0440. The van der Waals surface area contributed by atoms with Crippen molar-refractivity contribution in [3.63, 3.8) is 0 Å². The van der Waals surface area contributed by atoms with Crippen LogP contribution in [0, 0.1) is 11.8 Å². The molecule has 0 aromatic rings. The molecule has 2 heterocycles. The van der Waals surface area contributed by atoms with Gasteiger partial charge in [0.25, 0.3) is 0 Å². The number of carbonyl (C=O) groups is 2. The van der Waals surface area contributed by atoms with Gasteiger partial charge >= 0.3 is 12.1 Å². The fourth-order valence-electron chi connectivity index (χ4n) is 4.04. The molecule has 0 atom stereocenters. The highest BCUT2D eigenvalue weighted by molar-refractivity contribution is 5.72. The van der Waals surface area contributed by atoms with Crippen LogP contribution in [-0.4, -0.2) is 55.9 Å². The first-order valence-corrected chi connectivity index (χ1v) is 8.38. The summed E-state index contributed by atoms with van der Waals surface area (Å²) in [6.45, 7) is 3.34. The molecule has 0 bridgehead atoms. The van der Waals surface area contributed by atoms with Crippen LogP contribution < -0.4 is 5.32 Å². The minimum atomic E-state index is -0.258. The number of hydrogen-bond acceptors (Lipinski definition) is 5. The number of ether oxygens (including phenoxy) is 2. The second kappa shape index (κ2) is 6.44. The molecule has 1 amide bonds. The smallest absolute Gasteiger partial charge is 0.410 e. The van der Waals surface area contributed by atoms with E-state index in [1.807, 2.05) is 4.90 Å². The highest BCUT2D eigenvalue weighted by Gasteiger charge is 2.46. The van der Waals surface area contributed by atoms with Crippen molar-refractivity contribution in [3.05, 3.63) is 0 Å². The Balaban J connectivity index is 1.50. The molecule has 1 spiro atoms. The number of hydrogen-bond donors (Lipinski definition) is 1. The van der Waals surface area contributed by atoms with Crippen molar-refractivity contribution in [1.82, 2.24) is 10.2 Å². The Kier molecular flexibility index (Phi) is 4.57. The molecular formula is C16H26N2O4. The van der Waals surface area contributed by atoms with Gasteiger partial charge in [-0.1, -0.05) is 0 Å². The zero-order chi connectivity index (χ0) is 15.6. The zero-order valence-electron chi connectivity index (χ0n) is 13.3. The van der Waals surface area contributed by atoms with E-state index in [1.54, 1.807) is 0 Å². The van der Waals surface area contributed by atoms with Gasteiger partial charge in [-0.3, -0.25) is 4.79 Å². The predicted molar refractivity (Wildman–Crippen MR) is 80.4 cm³/mol. The largest absolute Gasteiger partial charge is 0.469 e. The fourth-order valence-corrected chi connectivity index (χ4v) is 4.04. The molecule has 0 unspecified atom stereocenters. The molecular weight excluding hydrogens is 284 g/mol. The summed E-state index contributed by atoms with van der Waals surface area (Å²) in [6.07, 6.45) is 5.37. The molecule has 1 aliphatic carbocycles. The lowest BCUT2D eigenvalue weighted by molar-refractivity contribution is -0.146. The first kappa shape index (κ1) is 15.6. The van der Waals surface area contributed by atoms with Crippen molar-refractivity contribution in [2.24, 2.45) is 11.8 Å². The topological polar surface area (TPSA) is 67.9 Å². The molecule has 1 saturated carbocycles. The van der Waals surface area contributed by atoms with Crippen LogP contribution in [0.25, 0.3) is 0 Å². The van der Waals surface area contributed by atoms with E-state index in [1.165, 1.54) is 7.11 Å². The quantitative estimate of drug-likeness (QED) is 0.801. The van der Waals surface area contributed by atoms with Gasteiger partial charge in [0.2, 0.25) is 0 Å². The summed E-state index contributed by atoms with van der Waals surface area (Å²) in [5, 5.41) is 3.31. The molecule has 1 N–H and O–H groups in total. The van der Waals surface area contributed by atoms with Crippen LogP contribution >= 0.6 is 0 Å². The van der Waals surface area contributed by atoms with E-state index >= 15 is 0 Å². The van der Waals surface area contributed by atoms with E-state index in [0.717, 1.165) is 64.7 Å². The lowest BCUT2D eigenvalue weighted by Gasteiger charge is -2.32. The summed E-state index contributed by atoms with van der Waals surface area (Å²) in [5.41, 5.74) is -0.258. The van der Waals surface area contributed by atoms with Crippen LogP contribution in [0.2, 0.25) is 0 Å². The third kappa shape index (κ3) is 3.21. The summed E-state index contributed by atoms with van der Waals surface area (Å²) < 4.78 is 10.5. The van der Waals surface area contributed by atoms with E-state index in [2.05, 4.69) is 5.32 Å². The van der Waals surface area contributed by atoms with Crippen LogP contribution in [0.1, 0.15) is 38.5 Å². The van der Waals surface area contributed by atoms with Gasteiger partial charge < -0.3 is 19.7 Å². The maximum absolute atomic E-state index is 12.1. The van der Waals surface area contributed by atoms with Gasteiger partial charge in [0.15, 0.2) is 0 Å². The number of methoxy groups -OCH3 is 1. The van der Waals surface area contributed by atoms with Gasteiger partial charge in [0.05, 0.1) is 19.6 Å². The number of rotatable bonds is 3. The lowest BCUT2D eigenvalue weighted by atomic mass is 9.81. The van der Waals surface area contributed by atoms with Gasteiger partial charge in [-0.25, -0.2) is 4.79 Å². The molecule has 0 radical (unpaired) electrons. The molecule has 6 nitrogen and oxygen atoms in total. The summed E-state index contributed by atoms with van der Waals surface area (Å²) in [7, 11) is 1.45. The van der Waals surface area contributed by atoms with Crippen LogP contribution in [0.15, 0.2) is 0 Å². The Morgan fingerprint density at radius 2 is 2.00 bits per heavy atom. The molecule has 3 aliphatic rings. The molecule has 6 heteroatoms. The van der Waals surface area contributed by atoms with E-state index in [4.69, 9.17) is 9.47 Å². The van der Waals surface area contributed by atoms with Crippen LogP contribution in [0.4, 0.5) is 4.79 Å². The molecule has 3 rings (SSSR count). The zero-order valence-corrected chi connectivity index (χ0v) is 13.3. The molecule has 0 aromatic carbocycles. The molecule has 124 valence electrons. The highest BCUT2D eigenvalue weighted by Crippen LogP contribution is 2.34. The van der Waals surface area contributed by atoms with Crippen molar-refractivity contribution < 1.29 is 19.1 Å². The normalized spacial score (nSPS) is 31.1. The SMILES string of the molecule is COC(=O)C1CCC(CN2CC3(CCNCC3)OC2=O)CC1. The predicted octanol–water partition coefficient (Wildman–Crippen LogP) is 1.54. The Bertz CT molecular complexity index is 426. The number of nitrogens with one attached hydrogen (secondary N) is 1. The lowest BCUT2D eigenvalue weighted by Crippen LogP contribution is -2.45. The second-order valence-electron chi connectivity index (χ2n) is 6.92. The van der Waals surface area contributed by atoms with E-state index in [0.29, 0.717) is 5.92 Å². The van der Waals surface area contributed by atoms with Crippen molar-refractivity contribution in [2.45, 2.75) is 44.1 Å². The van der Waals surface area contributed by atoms with Crippen molar-refractivity contribution in [1.29, 1.82) is 0 Å². The first-order chi connectivity index (χ1) is 10.6. The summed E-state index contributed by atoms with van der Waals surface area (Å²) in [4.78, 5) is 25.6. The average molecular weight is 310 g/mol. The monoisotopic (exact) mass is 310 g/mol. The van der Waals surface area contributed by atoms with E-state index in [9.17, 15) is 9.59 Å². The van der Waals surface area contributed by atoms with Gasteiger partial charge in [-0.2, -0.15) is 0 Å². The van der Waals surface area contributed by atoms with Gasteiger partial charge in [-0.15, -0.1) is 0 Å². The number of piperidine rings is 1. The van der Waals surface area contributed by atoms with E-state index in [-0.39, 0.29) is 23.6 Å². The van der Waals surface area contributed by atoms with Gasteiger partial charge in [0, 0.05) is 19.4 Å². The second-order valence-corrected chi connectivity index (χ2v) is 6.92. The Morgan fingerprint density at radius 1 is 1.32 bits per heavy atom. The molecule has 22 heavy (non-hydrogen) atoms. The van der Waals surface area contributed by atoms with Gasteiger partial charge in [-0.05, 0) is 44.7 Å². The fraction of sp³-hybridized carbons (Fsp3) is 0.875. The molecule has 2 aliphatic heterocycles. The van der Waals surface area contributed by atoms with E-state index < -0.39 is 0 Å². The van der Waals surface area contributed by atoms with Crippen molar-refractivity contribution in [3.8, 4) is 0 Å². The number of carbonyl (C=O) groups excluding carboxylic acids is 2. The van der Waals surface area contributed by atoms with Crippen LogP contribution in [-0.2, 0) is 14.3 Å². The van der Waals surface area contributed by atoms with Crippen LogP contribution in [0.3, 0.4) is 0 Å².